The molecule has 1 aliphatic heterocycles. The van der Waals surface area contributed by atoms with Gasteiger partial charge in [-0.25, -0.2) is 9.97 Å². The Morgan fingerprint density at radius 2 is 1.89 bits per heavy atom. The van der Waals surface area contributed by atoms with E-state index in [1.54, 1.807) is 0 Å². The number of aromatic nitrogens is 2. The lowest BCUT2D eigenvalue weighted by atomic mass is 10.1. The van der Waals surface area contributed by atoms with Crippen molar-refractivity contribution < 1.29 is 0 Å². The van der Waals surface area contributed by atoms with Gasteiger partial charge in [0.15, 0.2) is 0 Å². The van der Waals surface area contributed by atoms with Crippen LogP contribution in [0, 0.1) is 0 Å². The first-order valence-corrected chi connectivity index (χ1v) is 6.75. The molecule has 1 atom stereocenters. The van der Waals surface area contributed by atoms with Crippen LogP contribution in [-0.2, 0) is 0 Å². The van der Waals surface area contributed by atoms with Crippen LogP contribution in [0.2, 0.25) is 0 Å². The Labute approximate surface area is 109 Å². The van der Waals surface area contributed by atoms with Gasteiger partial charge in [0.25, 0.3) is 0 Å². The first kappa shape index (κ1) is 13.2. The number of rotatable bonds is 5. The fourth-order valence-electron chi connectivity index (χ4n) is 2.51. The second-order valence-corrected chi connectivity index (χ2v) is 4.69. The minimum absolute atomic E-state index is 0.647. The van der Waals surface area contributed by atoms with E-state index in [0.717, 1.165) is 38.7 Å². The average Bonchev–Trinajstić information content (AvgIpc) is 2.46. The Balaban J connectivity index is 1.88. The monoisotopic (exact) mass is 249 g/mol. The third-order valence-electron chi connectivity index (χ3n) is 3.58. The van der Waals surface area contributed by atoms with Crippen LogP contribution < -0.4 is 10.2 Å². The summed E-state index contributed by atoms with van der Waals surface area (Å²) >= 11 is 0. The molecule has 1 unspecified atom stereocenters. The summed E-state index contributed by atoms with van der Waals surface area (Å²) in [5.74, 6) is 0.860. The van der Waals surface area contributed by atoms with Gasteiger partial charge in [0.1, 0.15) is 0 Å². The quantitative estimate of drug-likeness (QED) is 0.828. The predicted octanol–water partition coefficient (Wildman–Crippen LogP) is 0.597. The SMILES string of the molecule is CCC(CNC)N1CCN(c2ncccn2)CC1. The molecular formula is C13H23N5. The van der Waals surface area contributed by atoms with E-state index < -0.39 is 0 Å². The first-order chi connectivity index (χ1) is 8.85. The number of likely N-dealkylation sites (N-methyl/N-ethyl adjacent to an activating group) is 1. The summed E-state index contributed by atoms with van der Waals surface area (Å²) in [5, 5.41) is 3.28. The van der Waals surface area contributed by atoms with Crippen LogP contribution in [0.15, 0.2) is 18.5 Å². The van der Waals surface area contributed by atoms with Crippen molar-refractivity contribution in [3.05, 3.63) is 18.5 Å². The summed E-state index contributed by atoms with van der Waals surface area (Å²) in [5.41, 5.74) is 0. The van der Waals surface area contributed by atoms with E-state index in [1.165, 1.54) is 6.42 Å². The molecule has 0 radical (unpaired) electrons. The number of piperazine rings is 1. The number of nitrogens with one attached hydrogen (secondary N) is 1. The van der Waals surface area contributed by atoms with E-state index in [1.807, 2.05) is 25.5 Å². The van der Waals surface area contributed by atoms with Crippen molar-refractivity contribution in [2.75, 3.05) is 44.7 Å². The molecule has 5 nitrogen and oxygen atoms in total. The molecule has 2 heterocycles. The lowest BCUT2D eigenvalue weighted by molar-refractivity contribution is 0.178. The van der Waals surface area contributed by atoms with E-state index in [4.69, 9.17) is 0 Å². The zero-order valence-corrected chi connectivity index (χ0v) is 11.3. The molecule has 1 fully saturated rings. The zero-order chi connectivity index (χ0) is 12.8. The molecule has 1 aromatic heterocycles. The second-order valence-electron chi connectivity index (χ2n) is 4.69. The highest BCUT2D eigenvalue weighted by Gasteiger charge is 2.23. The van der Waals surface area contributed by atoms with Crippen LogP contribution in [0.5, 0.6) is 0 Å². The van der Waals surface area contributed by atoms with Gasteiger partial charge in [0, 0.05) is 51.2 Å². The average molecular weight is 249 g/mol. The predicted molar refractivity (Wildman–Crippen MR) is 73.8 cm³/mol. The highest BCUT2D eigenvalue weighted by Crippen LogP contribution is 2.12. The third-order valence-corrected chi connectivity index (χ3v) is 3.58. The topological polar surface area (TPSA) is 44.3 Å². The van der Waals surface area contributed by atoms with Gasteiger partial charge in [0.05, 0.1) is 0 Å². The molecule has 0 amide bonds. The van der Waals surface area contributed by atoms with Gasteiger partial charge in [-0.3, -0.25) is 4.90 Å². The van der Waals surface area contributed by atoms with Gasteiger partial charge < -0.3 is 10.2 Å². The summed E-state index contributed by atoms with van der Waals surface area (Å²) in [6.07, 6.45) is 4.82. The summed E-state index contributed by atoms with van der Waals surface area (Å²) in [7, 11) is 2.02. The molecule has 5 heteroatoms. The molecule has 1 aliphatic rings. The summed E-state index contributed by atoms with van der Waals surface area (Å²) in [6.45, 7) is 7.55. The largest absolute Gasteiger partial charge is 0.338 e. The van der Waals surface area contributed by atoms with Crippen molar-refractivity contribution in [2.45, 2.75) is 19.4 Å². The fraction of sp³-hybridized carbons (Fsp3) is 0.692. The van der Waals surface area contributed by atoms with Crippen molar-refractivity contribution >= 4 is 5.95 Å². The van der Waals surface area contributed by atoms with Crippen LogP contribution in [0.3, 0.4) is 0 Å². The minimum Gasteiger partial charge on any atom is -0.338 e. The third kappa shape index (κ3) is 3.17. The Morgan fingerprint density at radius 3 is 2.44 bits per heavy atom. The number of hydrogen-bond acceptors (Lipinski definition) is 5. The second kappa shape index (κ2) is 6.66. The highest BCUT2D eigenvalue weighted by molar-refractivity contribution is 5.29. The normalized spacial score (nSPS) is 18.9. The van der Waals surface area contributed by atoms with E-state index >= 15 is 0 Å². The van der Waals surface area contributed by atoms with Crippen LogP contribution in [0.4, 0.5) is 5.95 Å². The fourth-order valence-corrected chi connectivity index (χ4v) is 2.51. The molecule has 0 bridgehead atoms. The maximum atomic E-state index is 4.31. The number of hydrogen-bond donors (Lipinski definition) is 1. The molecule has 0 saturated carbocycles. The molecule has 0 aromatic carbocycles. The zero-order valence-electron chi connectivity index (χ0n) is 11.3. The van der Waals surface area contributed by atoms with Gasteiger partial charge in [-0.2, -0.15) is 0 Å². The van der Waals surface area contributed by atoms with E-state index in [-0.39, 0.29) is 0 Å². The Morgan fingerprint density at radius 1 is 1.22 bits per heavy atom. The van der Waals surface area contributed by atoms with Crippen LogP contribution in [-0.4, -0.2) is 60.7 Å². The number of nitrogens with zero attached hydrogens (tertiary/aromatic N) is 4. The lowest BCUT2D eigenvalue weighted by Gasteiger charge is -2.39. The van der Waals surface area contributed by atoms with Crippen molar-refractivity contribution in [3.63, 3.8) is 0 Å². The van der Waals surface area contributed by atoms with Crippen LogP contribution in [0.25, 0.3) is 0 Å². The minimum atomic E-state index is 0.647. The van der Waals surface area contributed by atoms with Gasteiger partial charge >= 0.3 is 0 Å². The maximum Gasteiger partial charge on any atom is 0.225 e. The summed E-state index contributed by atoms with van der Waals surface area (Å²) in [4.78, 5) is 13.5. The molecule has 0 spiro atoms. The highest BCUT2D eigenvalue weighted by atomic mass is 15.3. The molecule has 100 valence electrons. The lowest BCUT2D eigenvalue weighted by Crippen LogP contribution is -2.52. The van der Waals surface area contributed by atoms with Crippen molar-refractivity contribution in [1.82, 2.24) is 20.2 Å². The van der Waals surface area contributed by atoms with Crippen molar-refractivity contribution in [1.29, 1.82) is 0 Å². The van der Waals surface area contributed by atoms with Gasteiger partial charge in [0.2, 0.25) is 5.95 Å². The smallest absolute Gasteiger partial charge is 0.225 e. The molecule has 1 saturated heterocycles. The number of anilines is 1. The Hall–Kier alpha value is -1.20. The molecule has 18 heavy (non-hydrogen) atoms. The molecular weight excluding hydrogens is 226 g/mol. The first-order valence-electron chi connectivity index (χ1n) is 6.75. The molecule has 1 N–H and O–H groups in total. The Bertz CT molecular complexity index is 334. The van der Waals surface area contributed by atoms with Crippen molar-refractivity contribution in [2.24, 2.45) is 0 Å². The van der Waals surface area contributed by atoms with Gasteiger partial charge in [-0.05, 0) is 19.5 Å². The molecule has 1 aromatic rings. The van der Waals surface area contributed by atoms with Crippen LogP contribution in [0.1, 0.15) is 13.3 Å². The summed E-state index contributed by atoms with van der Waals surface area (Å²) in [6, 6.07) is 2.51. The summed E-state index contributed by atoms with van der Waals surface area (Å²) < 4.78 is 0. The van der Waals surface area contributed by atoms with Gasteiger partial charge in [-0.1, -0.05) is 6.92 Å². The maximum absolute atomic E-state index is 4.31. The van der Waals surface area contributed by atoms with E-state index in [0.29, 0.717) is 6.04 Å². The molecule has 2 rings (SSSR count). The van der Waals surface area contributed by atoms with Gasteiger partial charge in [-0.15, -0.1) is 0 Å². The van der Waals surface area contributed by atoms with Crippen molar-refractivity contribution in [3.8, 4) is 0 Å². The standard InChI is InChI=1S/C13H23N5/c1-3-12(11-14-2)17-7-9-18(10-8-17)13-15-5-4-6-16-13/h4-6,12,14H,3,7-11H2,1-2H3. The molecule has 0 aliphatic carbocycles. The Kier molecular flexibility index (Phi) is 4.90. The van der Waals surface area contributed by atoms with E-state index in [2.05, 4.69) is 32.0 Å². The van der Waals surface area contributed by atoms with Crippen LogP contribution >= 0.6 is 0 Å². The van der Waals surface area contributed by atoms with E-state index in [9.17, 15) is 0 Å².